The van der Waals surface area contributed by atoms with Crippen LogP contribution in [0.4, 0.5) is 5.69 Å². The van der Waals surface area contributed by atoms with Gasteiger partial charge in [0.05, 0.1) is 5.69 Å². The topological polar surface area (TPSA) is 12.4 Å². The summed E-state index contributed by atoms with van der Waals surface area (Å²) in [6.45, 7) is 4.30. The molecular formula is C22H17N. The first-order chi connectivity index (χ1) is 11.2. The Balaban J connectivity index is 2.02. The molecule has 0 bridgehead atoms. The average molecular weight is 295 g/mol. The third-order valence-corrected chi connectivity index (χ3v) is 5.03. The molecular weight excluding hydrogens is 278 g/mol. The summed E-state index contributed by atoms with van der Waals surface area (Å²) >= 11 is 0. The summed E-state index contributed by atoms with van der Waals surface area (Å²) in [5.41, 5.74) is 5.09. The van der Waals surface area contributed by atoms with Gasteiger partial charge in [-0.15, -0.1) is 0 Å². The van der Waals surface area contributed by atoms with Gasteiger partial charge in [0.15, 0.2) is 0 Å². The SMILES string of the molecule is CC1=Nc2c(C)cc3ccc4c5ccccc5ccc4c3c2C1. The lowest BCUT2D eigenvalue weighted by molar-refractivity contribution is 1.39. The van der Waals surface area contributed by atoms with Crippen molar-refractivity contribution in [2.24, 2.45) is 4.99 Å². The molecule has 5 rings (SSSR count). The lowest BCUT2D eigenvalue weighted by Crippen LogP contribution is -1.92. The Morgan fingerprint density at radius 2 is 1.57 bits per heavy atom. The molecule has 0 saturated carbocycles. The van der Waals surface area contributed by atoms with Crippen LogP contribution in [0.3, 0.4) is 0 Å². The van der Waals surface area contributed by atoms with Crippen molar-refractivity contribution in [3.05, 3.63) is 65.7 Å². The zero-order valence-electron chi connectivity index (χ0n) is 13.4. The quantitative estimate of drug-likeness (QED) is 0.347. The maximum absolute atomic E-state index is 4.79. The minimum Gasteiger partial charge on any atom is -0.257 e. The van der Waals surface area contributed by atoms with Crippen LogP contribution >= 0.6 is 0 Å². The van der Waals surface area contributed by atoms with Gasteiger partial charge in [-0.3, -0.25) is 4.99 Å². The molecule has 4 aromatic carbocycles. The molecule has 110 valence electrons. The van der Waals surface area contributed by atoms with E-state index < -0.39 is 0 Å². The van der Waals surface area contributed by atoms with E-state index in [1.165, 1.54) is 54.8 Å². The van der Waals surface area contributed by atoms with E-state index in [0.717, 1.165) is 6.42 Å². The van der Waals surface area contributed by atoms with Crippen LogP contribution in [0.2, 0.25) is 0 Å². The van der Waals surface area contributed by atoms with Crippen LogP contribution in [0.5, 0.6) is 0 Å². The molecule has 0 aromatic heterocycles. The van der Waals surface area contributed by atoms with Crippen molar-refractivity contribution in [2.75, 3.05) is 0 Å². The first-order valence-electron chi connectivity index (χ1n) is 8.13. The van der Waals surface area contributed by atoms with Crippen molar-refractivity contribution in [1.82, 2.24) is 0 Å². The summed E-state index contributed by atoms with van der Waals surface area (Å²) in [5, 5.41) is 8.03. The Morgan fingerprint density at radius 3 is 2.48 bits per heavy atom. The molecule has 1 heteroatoms. The van der Waals surface area contributed by atoms with Crippen molar-refractivity contribution in [3.63, 3.8) is 0 Å². The highest BCUT2D eigenvalue weighted by atomic mass is 14.8. The standard InChI is InChI=1S/C22H17N/c1-13-11-16-8-9-18-17-6-4-3-5-15(17)7-10-19(18)21(16)20-12-14(2)23-22(13)20/h3-11H,12H2,1-2H3. The van der Waals surface area contributed by atoms with E-state index in [2.05, 4.69) is 68.4 Å². The highest BCUT2D eigenvalue weighted by molar-refractivity contribution is 6.20. The number of hydrogen-bond donors (Lipinski definition) is 0. The Morgan fingerprint density at radius 1 is 0.783 bits per heavy atom. The van der Waals surface area contributed by atoms with Gasteiger partial charge < -0.3 is 0 Å². The lowest BCUT2D eigenvalue weighted by atomic mass is 9.91. The van der Waals surface area contributed by atoms with Crippen LogP contribution < -0.4 is 0 Å². The molecule has 0 spiro atoms. The van der Waals surface area contributed by atoms with Gasteiger partial charge in [-0.2, -0.15) is 0 Å². The fourth-order valence-corrected chi connectivity index (χ4v) is 4.03. The van der Waals surface area contributed by atoms with Crippen molar-refractivity contribution in [2.45, 2.75) is 20.3 Å². The predicted molar refractivity (Wildman–Crippen MR) is 100 cm³/mol. The van der Waals surface area contributed by atoms with Crippen molar-refractivity contribution in [3.8, 4) is 0 Å². The summed E-state index contributed by atoms with van der Waals surface area (Å²) in [7, 11) is 0. The number of rotatable bonds is 0. The van der Waals surface area contributed by atoms with Crippen molar-refractivity contribution in [1.29, 1.82) is 0 Å². The zero-order chi connectivity index (χ0) is 15.6. The van der Waals surface area contributed by atoms with Gasteiger partial charge in [0.2, 0.25) is 0 Å². The van der Waals surface area contributed by atoms with Gasteiger partial charge in [-0.1, -0.05) is 48.5 Å². The molecule has 0 saturated heterocycles. The van der Waals surface area contributed by atoms with Crippen LogP contribution in [-0.2, 0) is 6.42 Å². The Hall–Kier alpha value is -2.67. The highest BCUT2D eigenvalue weighted by Crippen LogP contribution is 2.41. The Bertz CT molecular complexity index is 1150. The summed E-state index contributed by atoms with van der Waals surface area (Å²) in [5.74, 6) is 0. The molecule has 1 aliphatic rings. The molecule has 0 aliphatic carbocycles. The van der Waals surface area contributed by atoms with E-state index in [1.807, 2.05) is 0 Å². The number of benzene rings is 4. The number of aliphatic imine (C=N–C) groups is 1. The second-order valence-electron chi connectivity index (χ2n) is 6.59. The lowest BCUT2D eigenvalue weighted by Gasteiger charge is -2.12. The van der Waals surface area contributed by atoms with E-state index >= 15 is 0 Å². The number of fused-ring (bicyclic) bond motifs is 7. The number of nitrogens with zero attached hydrogens (tertiary/aromatic N) is 1. The maximum atomic E-state index is 4.79. The monoisotopic (exact) mass is 295 g/mol. The highest BCUT2D eigenvalue weighted by Gasteiger charge is 2.19. The summed E-state index contributed by atoms with van der Waals surface area (Å²) in [6.07, 6.45) is 0.972. The molecule has 1 heterocycles. The minimum atomic E-state index is 0.972. The van der Waals surface area contributed by atoms with Crippen molar-refractivity contribution < 1.29 is 0 Å². The van der Waals surface area contributed by atoms with Gasteiger partial charge in [0, 0.05) is 12.1 Å². The van der Waals surface area contributed by atoms with Gasteiger partial charge in [-0.25, -0.2) is 0 Å². The molecule has 23 heavy (non-hydrogen) atoms. The van der Waals surface area contributed by atoms with E-state index in [9.17, 15) is 0 Å². The summed E-state index contributed by atoms with van der Waals surface area (Å²) in [6, 6.07) is 20.0. The third kappa shape index (κ3) is 1.71. The average Bonchev–Trinajstić information content (AvgIpc) is 2.96. The van der Waals surface area contributed by atoms with E-state index in [1.54, 1.807) is 0 Å². The van der Waals surface area contributed by atoms with Gasteiger partial charge in [0.25, 0.3) is 0 Å². The molecule has 1 aliphatic heterocycles. The first kappa shape index (κ1) is 12.8. The van der Waals surface area contributed by atoms with Crippen LogP contribution in [0.1, 0.15) is 18.1 Å². The molecule has 4 aromatic rings. The van der Waals surface area contributed by atoms with E-state index in [4.69, 9.17) is 4.99 Å². The largest absolute Gasteiger partial charge is 0.257 e. The molecule has 0 atom stereocenters. The summed E-state index contributed by atoms with van der Waals surface area (Å²) in [4.78, 5) is 4.79. The Labute approximate surface area is 135 Å². The maximum Gasteiger partial charge on any atom is 0.0700 e. The van der Waals surface area contributed by atoms with Gasteiger partial charge >= 0.3 is 0 Å². The van der Waals surface area contributed by atoms with Gasteiger partial charge in [-0.05, 0) is 63.4 Å². The Kier molecular flexibility index (Phi) is 2.47. The van der Waals surface area contributed by atoms with Crippen LogP contribution in [-0.4, -0.2) is 5.71 Å². The van der Waals surface area contributed by atoms with Crippen LogP contribution in [0.25, 0.3) is 32.3 Å². The normalized spacial score (nSPS) is 13.7. The molecule has 0 fully saturated rings. The fraction of sp³-hybridized carbons (Fsp3) is 0.136. The second-order valence-corrected chi connectivity index (χ2v) is 6.59. The first-order valence-corrected chi connectivity index (χ1v) is 8.13. The fourth-order valence-electron chi connectivity index (χ4n) is 4.03. The zero-order valence-corrected chi connectivity index (χ0v) is 13.4. The minimum absolute atomic E-state index is 0.972. The predicted octanol–water partition coefficient (Wildman–Crippen LogP) is 6.10. The smallest absolute Gasteiger partial charge is 0.0700 e. The van der Waals surface area contributed by atoms with Crippen molar-refractivity contribution >= 4 is 43.7 Å². The van der Waals surface area contributed by atoms with Gasteiger partial charge in [0.1, 0.15) is 0 Å². The molecule has 0 N–H and O–H groups in total. The third-order valence-electron chi connectivity index (χ3n) is 5.03. The second kappa shape index (κ2) is 4.42. The number of hydrogen-bond acceptors (Lipinski definition) is 1. The molecule has 0 amide bonds. The molecule has 0 radical (unpaired) electrons. The van der Waals surface area contributed by atoms with Crippen LogP contribution in [0, 0.1) is 6.92 Å². The summed E-state index contributed by atoms with van der Waals surface area (Å²) < 4.78 is 0. The van der Waals surface area contributed by atoms with E-state index in [0.29, 0.717) is 0 Å². The molecule has 1 nitrogen and oxygen atoms in total. The molecule has 0 unspecified atom stereocenters. The number of aryl methyl sites for hydroxylation is 1. The van der Waals surface area contributed by atoms with Crippen LogP contribution in [0.15, 0.2) is 59.6 Å². The van der Waals surface area contributed by atoms with E-state index in [-0.39, 0.29) is 0 Å².